The van der Waals surface area contributed by atoms with E-state index in [1.807, 2.05) is 13.8 Å². The third-order valence-corrected chi connectivity index (χ3v) is 1.31. The molecule has 0 atom stereocenters. The van der Waals surface area contributed by atoms with Crippen molar-refractivity contribution < 1.29 is 5.11 Å². The van der Waals surface area contributed by atoms with Crippen molar-refractivity contribution in [2.75, 3.05) is 5.73 Å². The molecule has 0 aromatic heterocycles. The standard InChI is InChI=1S/C6H6ClNO.C2H6/c7-5-3-4(9)1-2-6(5)8;1-2/h1-3,9H,8H2;1-2H3. The summed E-state index contributed by atoms with van der Waals surface area (Å²) in [7, 11) is 0. The van der Waals surface area contributed by atoms with E-state index in [-0.39, 0.29) is 5.75 Å². The summed E-state index contributed by atoms with van der Waals surface area (Å²) in [4.78, 5) is 0. The van der Waals surface area contributed by atoms with Gasteiger partial charge in [-0.05, 0) is 12.1 Å². The molecule has 0 amide bonds. The fourth-order valence-corrected chi connectivity index (χ4v) is 0.691. The second-order valence-corrected chi connectivity index (χ2v) is 2.11. The molecule has 0 aliphatic heterocycles. The van der Waals surface area contributed by atoms with E-state index < -0.39 is 0 Å². The zero-order valence-electron chi connectivity index (χ0n) is 6.63. The number of nitrogens with two attached hydrogens (primary N) is 1. The fourth-order valence-electron chi connectivity index (χ4n) is 0.516. The normalized spacial score (nSPS) is 8.27. The van der Waals surface area contributed by atoms with Crippen LogP contribution in [0.2, 0.25) is 5.02 Å². The van der Waals surface area contributed by atoms with Crippen LogP contribution in [-0.2, 0) is 0 Å². The first-order chi connectivity index (χ1) is 5.20. The first-order valence-corrected chi connectivity index (χ1v) is 3.82. The van der Waals surface area contributed by atoms with Gasteiger partial charge in [0.1, 0.15) is 5.75 Å². The zero-order chi connectivity index (χ0) is 8.85. The van der Waals surface area contributed by atoms with Crippen molar-refractivity contribution in [3.63, 3.8) is 0 Å². The molecule has 1 rings (SSSR count). The van der Waals surface area contributed by atoms with E-state index in [0.29, 0.717) is 10.7 Å². The molecule has 0 aliphatic carbocycles. The fraction of sp³-hybridized carbons (Fsp3) is 0.250. The number of phenols is 1. The maximum Gasteiger partial charge on any atom is 0.117 e. The summed E-state index contributed by atoms with van der Waals surface area (Å²) in [5, 5.41) is 9.18. The highest BCUT2D eigenvalue weighted by Crippen LogP contribution is 2.22. The lowest BCUT2D eigenvalue weighted by Crippen LogP contribution is -1.83. The summed E-state index contributed by atoms with van der Waals surface area (Å²) in [5.41, 5.74) is 5.83. The zero-order valence-corrected chi connectivity index (χ0v) is 7.39. The Morgan fingerprint density at radius 2 is 1.91 bits per heavy atom. The molecule has 0 saturated heterocycles. The summed E-state index contributed by atoms with van der Waals surface area (Å²) in [5.74, 6) is 0.134. The number of aromatic hydroxyl groups is 1. The van der Waals surface area contributed by atoms with Crippen molar-refractivity contribution in [3.8, 4) is 5.75 Å². The monoisotopic (exact) mass is 173 g/mol. The van der Waals surface area contributed by atoms with Gasteiger partial charge in [0, 0.05) is 6.07 Å². The SMILES string of the molecule is CC.Nc1ccc(O)cc1Cl. The van der Waals surface area contributed by atoms with Crippen molar-refractivity contribution >= 4 is 17.3 Å². The van der Waals surface area contributed by atoms with Gasteiger partial charge in [-0.1, -0.05) is 25.4 Å². The van der Waals surface area contributed by atoms with E-state index in [1.54, 1.807) is 6.07 Å². The predicted octanol–water partition coefficient (Wildman–Crippen LogP) is 2.65. The molecule has 0 fully saturated rings. The number of hydrogen-bond donors (Lipinski definition) is 2. The van der Waals surface area contributed by atoms with Gasteiger partial charge in [0.2, 0.25) is 0 Å². The van der Waals surface area contributed by atoms with Crippen LogP contribution in [0.4, 0.5) is 5.69 Å². The Morgan fingerprint density at radius 3 is 2.27 bits per heavy atom. The molecule has 0 saturated carbocycles. The van der Waals surface area contributed by atoms with Gasteiger partial charge in [-0.15, -0.1) is 0 Å². The molecule has 11 heavy (non-hydrogen) atoms. The summed E-state index contributed by atoms with van der Waals surface area (Å²) in [6.07, 6.45) is 0. The van der Waals surface area contributed by atoms with Crippen molar-refractivity contribution in [3.05, 3.63) is 23.2 Å². The Kier molecular flexibility index (Phi) is 4.46. The molecular formula is C8H12ClNO. The summed E-state index contributed by atoms with van der Waals surface area (Å²) < 4.78 is 0. The minimum Gasteiger partial charge on any atom is -0.508 e. The average Bonchev–Trinajstić information content (AvgIpc) is 2.02. The Labute approximate surface area is 71.6 Å². The Bertz CT molecular complexity index is 225. The van der Waals surface area contributed by atoms with E-state index in [4.69, 9.17) is 22.4 Å². The number of anilines is 1. The number of benzene rings is 1. The van der Waals surface area contributed by atoms with E-state index in [1.165, 1.54) is 12.1 Å². The van der Waals surface area contributed by atoms with E-state index in [2.05, 4.69) is 0 Å². The van der Waals surface area contributed by atoms with Gasteiger partial charge in [0.15, 0.2) is 0 Å². The highest BCUT2D eigenvalue weighted by Gasteiger charge is 1.93. The smallest absolute Gasteiger partial charge is 0.117 e. The van der Waals surface area contributed by atoms with Crippen LogP contribution in [0, 0.1) is 0 Å². The Balaban J connectivity index is 0.000000461. The van der Waals surface area contributed by atoms with Crippen LogP contribution in [0.15, 0.2) is 18.2 Å². The highest BCUT2D eigenvalue weighted by atomic mass is 35.5. The number of hydrogen-bond acceptors (Lipinski definition) is 2. The lowest BCUT2D eigenvalue weighted by molar-refractivity contribution is 0.475. The largest absolute Gasteiger partial charge is 0.508 e. The topological polar surface area (TPSA) is 46.2 Å². The van der Waals surface area contributed by atoms with Crippen LogP contribution in [0.1, 0.15) is 13.8 Å². The van der Waals surface area contributed by atoms with Crippen LogP contribution >= 0.6 is 11.6 Å². The van der Waals surface area contributed by atoms with Crippen molar-refractivity contribution in [2.45, 2.75) is 13.8 Å². The minimum atomic E-state index is 0.134. The van der Waals surface area contributed by atoms with Gasteiger partial charge >= 0.3 is 0 Å². The molecule has 0 unspecified atom stereocenters. The van der Waals surface area contributed by atoms with Gasteiger partial charge in [-0.2, -0.15) is 0 Å². The van der Waals surface area contributed by atoms with Gasteiger partial charge in [0.25, 0.3) is 0 Å². The summed E-state index contributed by atoms with van der Waals surface area (Å²) >= 11 is 5.53. The van der Waals surface area contributed by atoms with Crippen LogP contribution in [0.3, 0.4) is 0 Å². The Hall–Kier alpha value is -0.890. The quantitative estimate of drug-likeness (QED) is 0.468. The maximum atomic E-state index is 8.80. The van der Waals surface area contributed by atoms with Crippen LogP contribution < -0.4 is 5.73 Å². The van der Waals surface area contributed by atoms with Gasteiger partial charge in [0.05, 0.1) is 10.7 Å². The van der Waals surface area contributed by atoms with Gasteiger partial charge in [-0.25, -0.2) is 0 Å². The molecule has 62 valence electrons. The second-order valence-electron chi connectivity index (χ2n) is 1.71. The van der Waals surface area contributed by atoms with E-state index in [9.17, 15) is 0 Å². The molecule has 1 aromatic carbocycles. The molecular weight excluding hydrogens is 162 g/mol. The van der Waals surface area contributed by atoms with Crippen LogP contribution in [0.25, 0.3) is 0 Å². The summed E-state index contributed by atoms with van der Waals surface area (Å²) in [6.45, 7) is 4.00. The van der Waals surface area contributed by atoms with Gasteiger partial charge in [-0.3, -0.25) is 0 Å². The number of phenolic OH excluding ortho intramolecular Hbond substituents is 1. The Morgan fingerprint density at radius 1 is 1.36 bits per heavy atom. The van der Waals surface area contributed by atoms with E-state index >= 15 is 0 Å². The molecule has 0 spiro atoms. The third-order valence-electron chi connectivity index (χ3n) is 0.984. The highest BCUT2D eigenvalue weighted by molar-refractivity contribution is 6.33. The molecule has 3 heteroatoms. The molecule has 1 aromatic rings. The molecule has 0 aliphatic rings. The first kappa shape index (κ1) is 10.1. The molecule has 0 radical (unpaired) electrons. The number of rotatable bonds is 0. The lowest BCUT2D eigenvalue weighted by atomic mass is 10.3. The number of halogens is 1. The van der Waals surface area contributed by atoms with Crippen molar-refractivity contribution in [2.24, 2.45) is 0 Å². The van der Waals surface area contributed by atoms with Crippen molar-refractivity contribution in [1.29, 1.82) is 0 Å². The van der Waals surface area contributed by atoms with Gasteiger partial charge < -0.3 is 10.8 Å². The molecule has 2 nitrogen and oxygen atoms in total. The van der Waals surface area contributed by atoms with E-state index in [0.717, 1.165) is 0 Å². The minimum absolute atomic E-state index is 0.134. The van der Waals surface area contributed by atoms with Crippen LogP contribution in [0.5, 0.6) is 5.75 Å². The third kappa shape index (κ3) is 3.14. The lowest BCUT2D eigenvalue weighted by Gasteiger charge is -1.95. The molecule has 0 heterocycles. The summed E-state index contributed by atoms with van der Waals surface area (Å²) in [6, 6.07) is 4.44. The first-order valence-electron chi connectivity index (χ1n) is 3.44. The second kappa shape index (κ2) is 4.85. The molecule has 3 N–H and O–H groups in total. The molecule has 0 bridgehead atoms. The average molecular weight is 174 g/mol. The predicted molar refractivity (Wildman–Crippen MR) is 48.9 cm³/mol. The number of nitrogen functional groups attached to an aromatic ring is 1. The van der Waals surface area contributed by atoms with Crippen molar-refractivity contribution in [1.82, 2.24) is 0 Å². The maximum absolute atomic E-state index is 8.80. The van der Waals surface area contributed by atoms with Crippen LogP contribution in [-0.4, -0.2) is 5.11 Å².